The van der Waals surface area contributed by atoms with Gasteiger partial charge in [0, 0.05) is 5.02 Å². The normalized spacial score (nSPS) is 12.8. The first-order valence-corrected chi connectivity index (χ1v) is 5.44. The number of carbonyl (C=O) groups is 1. The van der Waals surface area contributed by atoms with Gasteiger partial charge in [-0.05, 0) is 44.6 Å². The number of aliphatic carboxylic acids is 1. The summed E-state index contributed by atoms with van der Waals surface area (Å²) in [6, 6.07) is 5.14. The fourth-order valence-corrected chi connectivity index (χ4v) is 1.68. The highest BCUT2D eigenvalue weighted by molar-refractivity contribution is 6.31. The number of nitrogens with zero attached hydrogens (tertiary/aromatic N) is 1. The number of aryl methyl sites for hydroxylation is 1. The Bertz CT molecular complexity index is 391. The van der Waals surface area contributed by atoms with Gasteiger partial charge in [0.25, 0.3) is 0 Å². The SMILES string of the molecule is Cc1ccc(CC(C(=O)O)N(C)C)cc1Cl. The number of likely N-dealkylation sites (N-methyl/N-ethyl adjacent to an activating group) is 1. The molecule has 0 aliphatic rings. The molecule has 0 aliphatic heterocycles. The summed E-state index contributed by atoms with van der Waals surface area (Å²) >= 11 is 6.00. The minimum Gasteiger partial charge on any atom is -0.480 e. The van der Waals surface area contributed by atoms with Gasteiger partial charge >= 0.3 is 5.97 Å². The maximum Gasteiger partial charge on any atom is 0.321 e. The molecule has 1 unspecified atom stereocenters. The molecule has 0 aliphatic carbocycles. The van der Waals surface area contributed by atoms with E-state index in [0.29, 0.717) is 11.4 Å². The average molecular weight is 242 g/mol. The summed E-state index contributed by atoms with van der Waals surface area (Å²) in [7, 11) is 3.52. The molecule has 0 aromatic heterocycles. The Morgan fingerprint density at radius 2 is 2.12 bits per heavy atom. The van der Waals surface area contributed by atoms with E-state index in [1.54, 1.807) is 19.0 Å². The highest BCUT2D eigenvalue weighted by atomic mass is 35.5. The van der Waals surface area contributed by atoms with Crippen LogP contribution in [0.5, 0.6) is 0 Å². The van der Waals surface area contributed by atoms with Crippen molar-refractivity contribution >= 4 is 17.6 Å². The predicted octanol–water partition coefficient (Wildman–Crippen LogP) is 2.21. The van der Waals surface area contributed by atoms with E-state index in [-0.39, 0.29) is 0 Å². The third kappa shape index (κ3) is 3.22. The Balaban J connectivity index is 2.86. The topological polar surface area (TPSA) is 40.5 Å². The zero-order chi connectivity index (χ0) is 12.3. The van der Waals surface area contributed by atoms with Crippen molar-refractivity contribution in [1.82, 2.24) is 4.90 Å². The summed E-state index contributed by atoms with van der Waals surface area (Å²) in [6.07, 6.45) is 0.461. The van der Waals surface area contributed by atoms with Gasteiger partial charge in [-0.15, -0.1) is 0 Å². The number of carboxylic acid groups (broad SMARTS) is 1. The van der Waals surface area contributed by atoms with Crippen LogP contribution in [-0.2, 0) is 11.2 Å². The number of carboxylic acids is 1. The molecule has 0 bridgehead atoms. The van der Waals surface area contributed by atoms with Crippen molar-refractivity contribution in [3.63, 3.8) is 0 Å². The summed E-state index contributed by atoms with van der Waals surface area (Å²) in [5, 5.41) is 9.74. The number of hydrogen-bond donors (Lipinski definition) is 1. The molecule has 4 heteroatoms. The van der Waals surface area contributed by atoms with Gasteiger partial charge in [0.2, 0.25) is 0 Å². The molecule has 16 heavy (non-hydrogen) atoms. The van der Waals surface area contributed by atoms with Crippen molar-refractivity contribution in [2.24, 2.45) is 0 Å². The maximum absolute atomic E-state index is 11.0. The lowest BCUT2D eigenvalue weighted by atomic mass is 10.0. The molecular weight excluding hydrogens is 226 g/mol. The lowest BCUT2D eigenvalue weighted by Crippen LogP contribution is -2.37. The van der Waals surface area contributed by atoms with E-state index >= 15 is 0 Å². The van der Waals surface area contributed by atoms with Crippen LogP contribution < -0.4 is 0 Å². The number of rotatable bonds is 4. The fraction of sp³-hybridized carbons (Fsp3) is 0.417. The molecular formula is C12H16ClNO2. The molecule has 88 valence electrons. The molecule has 3 nitrogen and oxygen atoms in total. The largest absolute Gasteiger partial charge is 0.480 e. The van der Waals surface area contributed by atoms with Crippen molar-refractivity contribution in [2.75, 3.05) is 14.1 Å². The van der Waals surface area contributed by atoms with E-state index in [2.05, 4.69) is 0 Å². The predicted molar refractivity (Wildman–Crippen MR) is 65.0 cm³/mol. The van der Waals surface area contributed by atoms with Crippen LogP contribution in [0.4, 0.5) is 0 Å². The van der Waals surface area contributed by atoms with Gasteiger partial charge in [-0.2, -0.15) is 0 Å². The van der Waals surface area contributed by atoms with Gasteiger partial charge in [0.05, 0.1) is 0 Å². The number of benzene rings is 1. The van der Waals surface area contributed by atoms with Gasteiger partial charge in [-0.1, -0.05) is 23.7 Å². The van der Waals surface area contributed by atoms with Crippen LogP contribution in [0.15, 0.2) is 18.2 Å². The van der Waals surface area contributed by atoms with Crippen molar-refractivity contribution < 1.29 is 9.90 Å². The van der Waals surface area contributed by atoms with Crippen LogP contribution in [0.2, 0.25) is 5.02 Å². The average Bonchev–Trinajstić information content (AvgIpc) is 2.18. The summed E-state index contributed by atoms with van der Waals surface area (Å²) in [5.74, 6) is -0.818. The summed E-state index contributed by atoms with van der Waals surface area (Å²) in [5.41, 5.74) is 1.94. The molecule has 1 N–H and O–H groups in total. The van der Waals surface area contributed by atoms with Gasteiger partial charge < -0.3 is 5.11 Å². The minimum absolute atomic E-state index is 0.461. The van der Waals surface area contributed by atoms with Gasteiger partial charge in [-0.3, -0.25) is 9.69 Å². The molecule has 1 aromatic carbocycles. The van der Waals surface area contributed by atoms with Crippen LogP contribution in [-0.4, -0.2) is 36.1 Å². The molecule has 0 heterocycles. The zero-order valence-corrected chi connectivity index (χ0v) is 10.5. The number of hydrogen-bond acceptors (Lipinski definition) is 2. The standard InChI is InChI=1S/C12H16ClNO2/c1-8-4-5-9(6-10(8)13)7-11(12(15)16)14(2)3/h4-6,11H,7H2,1-3H3,(H,15,16). The lowest BCUT2D eigenvalue weighted by Gasteiger charge is -2.20. The summed E-state index contributed by atoms with van der Waals surface area (Å²) in [4.78, 5) is 12.7. The third-order valence-corrected chi connectivity index (χ3v) is 2.98. The summed E-state index contributed by atoms with van der Waals surface area (Å²) in [6.45, 7) is 1.92. The van der Waals surface area contributed by atoms with Gasteiger partial charge in [-0.25, -0.2) is 0 Å². The second kappa shape index (κ2) is 5.32. The van der Waals surface area contributed by atoms with E-state index in [1.165, 1.54) is 0 Å². The first kappa shape index (κ1) is 13.0. The Morgan fingerprint density at radius 3 is 2.56 bits per heavy atom. The van der Waals surface area contributed by atoms with E-state index in [0.717, 1.165) is 11.1 Å². The fourth-order valence-electron chi connectivity index (χ4n) is 1.48. The van der Waals surface area contributed by atoms with E-state index in [1.807, 2.05) is 25.1 Å². The van der Waals surface area contributed by atoms with Crippen molar-refractivity contribution in [3.05, 3.63) is 34.3 Å². The molecule has 0 fully saturated rings. The second-order valence-corrected chi connectivity index (χ2v) is 4.51. The Kier molecular flexibility index (Phi) is 4.33. The second-order valence-electron chi connectivity index (χ2n) is 4.11. The highest BCUT2D eigenvalue weighted by Crippen LogP contribution is 2.18. The maximum atomic E-state index is 11.0. The van der Waals surface area contributed by atoms with Crippen LogP contribution in [0, 0.1) is 6.92 Å². The van der Waals surface area contributed by atoms with Crippen LogP contribution >= 0.6 is 11.6 Å². The molecule has 0 saturated carbocycles. The molecule has 0 saturated heterocycles. The molecule has 0 radical (unpaired) electrons. The Hall–Kier alpha value is -1.06. The smallest absolute Gasteiger partial charge is 0.321 e. The quantitative estimate of drug-likeness (QED) is 0.879. The van der Waals surface area contributed by atoms with E-state index < -0.39 is 12.0 Å². The van der Waals surface area contributed by atoms with Crippen LogP contribution in [0.3, 0.4) is 0 Å². The Morgan fingerprint density at radius 1 is 1.50 bits per heavy atom. The van der Waals surface area contributed by atoms with E-state index in [9.17, 15) is 4.79 Å². The molecule has 0 spiro atoms. The first-order valence-electron chi connectivity index (χ1n) is 5.06. The van der Waals surface area contributed by atoms with E-state index in [4.69, 9.17) is 16.7 Å². The third-order valence-electron chi connectivity index (χ3n) is 2.57. The van der Waals surface area contributed by atoms with Crippen LogP contribution in [0.25, 0.3) is 0 Å². The molecule has 1 rings (SSSR count). The number of halogens is 1. The molecule has 0 amide bonds. The minimum atomic E-state index is -0.818. The molecule has 1 atom stereocenters. The van der Waals surface area contributed by atoms with Crippen molar-refractivity contribution in [1.29, 1.82) is 0 Å². The monoisotopic (exact) mass is 241 g/mol. The van der Waals surface area contributed by atoms with Crippen molar-refractivity contribution in [3.8, 4) is 0 Å². The van der Waals surface area contributed by atoms with Gasteiger partial charge in [0.15, 0.2) is 0 Å². The molecule has 1 aromatic rings. The van der Waals surface area contributed by atoms with Crippen molar-refractivity contribution in [2.45, 2.75) is 19.4 Å². The Labute approximate surface area is 101 Å². The highest BCUT2D eigenvalue weighted by Gasteiger charge is 2.20. The van der Waals surface area contributed by atoms with Crippen LogP contribution in [0.1, 0.15) is 11.1 Å². The zero-order valence-electron chi connectivity index (χ0n) is 9.70. The van der Waals surface area contributed by atoms with Gasteiger partial charge in [0.1, 0.15) is 6.04 Å². The summed E-state index contributed by atoms with van der Waals surface area (Å²) < 4.78 is 0. The first-order chi connectivity index (χ1) is 7.41. The lowest BCUT2D eigenvalue weighted by molar-refractivity contribution is -0.142.